The number of urea groups is 1. The maximum absolute atomic E-state index is 12.7. The molecule has 0 spiro atoms. The Kier molecular flexibility index (Phi) is 6.07. The van der Waals surface area contributed by atoms with Crippen molar-refractivity contribution in [2.45, 2.75) is 44.4 Å². The molecule has 3 amide bonds. The van der Waals surface area contributed by atoms with E-state index in [0.717, 1.165) is 62.0 Å². The van der Waals surface area contributed by atoms with E-state index >= 15 is 0 Å². The summed E-state index contributed by atoms with van der Waals surface area (Å²) < 4.78 is 0. The van der Waals surface area contributed by atoms with E-state index in [1.54, 1.807) is 0 Å². The van der Waals surface area contributed by atoms with Gasteiger partial charge in [-0.2, -0.15) is 0 Å². The predicted octanol–water partition coefficient (Wildman–Crippen LogP) is 4.48. The second-order valence-electron chi connectivity index (χ2n) is 8.72. The quantitative estimate of drug-likeness (QED) is 0.744. The number of rotatable bonds is 6. The number of aryl methyl sites for hydroxylation is 1. The lowest BCUT2D eigenvalue weighted by Crippen LogP contribution is -2.42. The molecule has 0 aromatic heterocycles. The molecule has 158 valence electrons. The Hall–Kier alpha value is -2.82. The summed E-state index contributed by atoms with van der Waals surface area (Å²) >= 11 is 0. The summed E-state index contributed by atoms with van der Waals surface area (Å²) in [5, 5.41) is 6.17. The third kappa shape index (κ3) is 4.66. The molecule has 0 unspecified atom stereocenters. The first-order valence-electron chi connectivity index (χ1n) is 11.0. The first-order chi connectivity index (χ1) is 14.6. The van der Waals surface area contributed by atoms with E-state index < -0.39 is 0 Å². The minimum Gasteiger partial charge on any atom is -0.355 e. The van der Waals surface area contributed by atoms with E-state index in [0.29, 0.717) is 12.5 Å². The number of amides is 3. The lowest BCUT2D eigenvalue weighted by Gasteiger charge is -2.32. The third-order valence-electron chi connectivity index (χ3n) is 6.52. The number of nitrogens with zero attached hydrogens (tertiary/aromatic N) is 1. The molecule has 1 saturated carbocycles. The molecular formula is C25H31N3O2. The molecule has 1 aliphatic carbocycles. The van der Waals surface area contributed by atoms with Crippen LogP contribution in [0.5, 0.6) is 0 Å². The van der Waals surface area contributed by atoms with Crippen molar-refractivity contribution >= 4 is 17.6 Å². The first kappa shape index (κ1) is 20.5. The fourth-order valence-corrected chi connectivity index (χ4v) is 4.44. The van der Waals surface area contributed by atoms with Crippen molar-refractivity contribution in [3.63, 3.8) is 0 Å². The highest BCUT2D eigenvalue weighted by Gasteiger charge is 2.50. The van der Waals surface area contributed by atoms with E-state index in [1.165, 1.54) is 0 Å². The zero-order chi connectivity index (χ0) is 21.0. The van der Waals surface area contributed by atoms with Gasteiger partial charge in [0.05, 0.1) is 5.41 Å². The van der Waals surface area contributed by atoms with Crippen LogP contribution < -0.4 is 10.6 Å². The second-order valence-corrected chi connectivity index (χ2v) is 8.72. The number of hydrogen-bond donors (Lipinski definition) is 2. The van der Waals surface area contributed by atoms with Crippen LogP contribution in [0.4, 0.5) is 10.5 Å². The molecule has 5 nitrogen and oxygen atoms in total. The molecule has 0 bridgehead atoms. The van der Waals surface area contributed by atoms with Gasteiger partial charge in [0.2, 0.25) is 5.91 Å². The number of likely N-dealkylation sites (tertiary alicyclic amines) is 1. The van der Waals surface area contributed by atoms with Gasteiger partial charge in [-0.1, -0.05) is 42.5 Å². The van der Waals surface area contributed by atoms with E-state index in [-0.39, 0.29) is 17.4 Å². The van der Waals surface area contributed by atoms with Crippen LogP contribution >= 0.6 is 0 Å². The van der Waals surface area contributed by atoms with Crippen LogP contribution in [0.1, 0.15) is 43.2 Å². The van der Waals surface area contributed by atoms with Gasteiger partial charge in [-0.15, -0.1) is 0 Å². The van der Waals surface area contributed by atoms with Crippen molar-refractivity contribution in [2.24, 2.45) is 5.92 Å². The normalized spacial score (nSPS) is 18.0. The summed E-state index contributed by atoms with van der Waals surface area (Å²) in [6, 6.07) is 18.0. The zero-order valence-corrected chi connectivity index (χ0v) is 17.7. The molecule has 0 radical (unpaired) electrons. The van der Waals surface area contributed by atoms with E-state index in [2.05, 4.69) is 22.8 Å². The highest BCUT2D eigenvalue weighted by molar-refractivity contribution is 5.91. The van der Waals surface area contributed by atoms with Crippen molar-refractivity contribution in [3.8, 4) is 0 Å². The topological polar surface area (TPSA) is 61.4 Å². The standard InChI is InChI=1S/C25H31N3O2/c1-19-6-5-9-22(18-19)27-24(30)28-16-11-20(12-17-28)10-15-26-23(29)25(13-14-25)21-7-3-2-4-8-21/h2-9,18,20H,10-17H2,1H3,(H,26,29)(H,27,30). The Morgan fingerprint density at radius 1 is 1.03 bits per heavy atom. The van der Waals surface area contributed by atoms with Crippen LogP contribution in [-0.4, -0.2) is 36.5 Å². The van der Waals surface area contributed by atoms with Gasteiger partial charge in [-0.25, -0.2) is 4.79 Å². The summed E-state index contributed by atoms with van der Waals surface area (Å²) in [4.78, 5) is 27.1. The molecular weight excluding hydrogens is 374 g/mol. The number of piperidine rings is 1. The highest BCUT2D eigenvalue weighted by Crippen LogP contribution is 2.48. The molecule has 2 aromatic carbocycles. The molecule has 0 atom stereocenters. The van der Waals surface area contributed by atoms with Crippen LogP contribution in [0.2, 0.25) is 0 Å². The van der Waals surface area contributed by atoms with Crippen LogP contribution in [0.25, 0.3) is 0 Å². The molecule has 2 aromatic rings. The zero-order valence-electron chi connectivity index (χ0n) is 17.7. The Morgan fingerprint density at radius 2 is 1.77 bits per heavy atom. The van der Waals surface area contributed by atoms with Gasteiger partial charge in [-0.3, -0.25) is 4.79 Å². The molecule has 2 fully saturated rings. The van der Waals surface area contributed by atoms with Crippen LogP contribution in [-0.2, 0) is 10.2 Å². The van der Waals surface area contributed by atoms with Gasteiger partial charge in [0.25, 0.3) is 0 Å². The molecule has 30 heavy (non-hydrogen) atoms. The molecule has 1 aliphatic heterocycles. The second kappa shape index (κ2) is 8.90. The number of anilines is 1. The molecule has 5 heteroatoms. The van der Waals surface area contributed by atoms with Crippen LogP contribution in [0.3, 0.4) is 0 Å². The van der Waals surface area contributed by atoms with E-state index in [9.17, 15) is 9.59 Å². The lowest BCUT2D eigenvalue weighted by atomic mass is 9.92. The van der Waals surface area contributed by atoms with Gasteiger partial charge in [-0.05, 0) is 68.2 Å². The van der Waals surface area contributed by atoms with Gasteiger partial charge < -0.3 is 15.5 Å². The lowest BCUT2D eigenvalue weighted by molar-refractivity contribution is -0.123. The minimum atomic E-state index is -0.293. The SMILES string of the molecule is Cc1cccc(NC(=O)N2CCC(CCNC(=O)C3(c4ccccc4)CC3)CC2)c1. The first-order valence-corrected chi connectivity index (χ1v) is 11.0. The maximum Gasteiger partial charge on any atom is 0.321 e. The maximum atomic E-state index is 12.7. The van der Waals surface area contributed by atoms with E-state index in [1.807, 2.05) is 54.3 Å². The molecule has 4 rings (SSSR count). The fraction of sp³-hybridized carbons (Fsp3) is 0.440. The van der Waals surface area contributed by atoms with Gasteiger partial charge in [0.1, 0.15) is 0 Å². The van der Waals surface area contributed by atoms with Crippen LogP contribution in [0.15, 0.2) is 54.6 Å². The summed E-state index contributed by atoms with van der Waals surface area (Å²) in [5.74, 6) is 0.726. The van der Waals surface area contributed by atoms with Crippen molar-refractivity contribution in [2.75, 3.05) is 25.0 Å². The summed E-state index contributed by atoms with van der Waals surface area (Å²) in [7, 11) is 0. The van der Waals surface area contributed by atoms with E-state index in [4.69, 9.17) is 0 Å². The number of carbonyl (C=O) groups excluding carboxylic acids is 2. The Labute approximate surface area is 178 Å². The molecule has 1 saturated heterocycles. The third-order valence-corrected chi connectivity index (χ3v) is 6.52. The largest absolute Gasteiger partial charge is 0.355 e. The number of nitrogens with one attached hydrogen (secondary N) is 2. The Balaban J connectivity index is 1.18. The monoisotopic (exact) mass is 405 g/mol. The Morgan fingerprint density at radius 3 is 2.43 bits per heavy atom. The molecule has 2 aliphatic rings. The van der Waals surface area contributed by atoms with Crippen LogP contribution in [0, 0.1) is 12.8 Å². The van der Waals surface area contributed by atoms with Gasteiger partial charge in [0, 0.05) is 25.3 Å². The predicted molar refractivity (Wildman–Crippen MR) is 119 cm³/mol. The van der Waals surface area contributed by atoms with Gasteiger partial charge in [0.15, 0.2) is 0 Å². The summed E-state index contributed by atoms with van der Waals surface area (Å²) in [6.45, 7) is 4.27. The Bertz CT molecular complexity index is 884. The van der Waals surface area contributed by atoms with Gasteiger partial charge >= 0.3 is 6.03 Å². The number of carbonyl (C=O) groups is 2. The van der Waals surface area contributed by atoms with Crippen molar-refractivity contribution in [1.29, 1.82) is 0 Å². The number of benzene rings is 2. The molecule has 1 heterocycles. The fourth-order valence-electron chi connectivity index (χ4n) is 4.44. The summed E-state index contributed by atoms with van der Waals surface area (Å²) in [6.07, 6.45) is 4.83. The number of hydrogen-bond acceptors (Lipinski definition) is 2. The average molecular weight is 406 g/mol. The van der Waals surface area contributed by atoms with Crippen molar-refractivity contribution in [3.05, 3.63) is 65.7 Å². The highest BCUT2D eigenvalue weighted by atomic mass is 16.2. The average Bonchev–Trinajstić information content (AvgIpc) is 3.57. The summed E-state index contributed by atoms with van der Waals surface area (Å²) in [5.41, 5.74) is 2.82. The minimum absolute atomic E-state index is 0.0223. The van der Waals surface area contributed by atoms with Crippen molar-refractivity contribution in [1.82, 2.24) is 10.2 Å². The smallest absolute Gasteiger partial charge is 0.321 e. The van der Waals surface area contributed by atoms with Crippen molar-refractivity contribution < 1.29 is 9.59 Å². The molecule has 2 N–H and O–H groups in total.